The van der Waals surface area contributed by atoms with Crippen molar-refractivity contribution < 1.29 is 14.3 Å². The molecule has 29 heavy (non-hydrogen) atoms. The molecule has 0 atom stereocenters. The van der Waals surface area contributed by atoms with E-state index in [1.165, 1.54) is 0 Å². The molecule has 1 aliphatic rings. The maximum atomic E-state index is 12.6. The van der Waals surface area contributed by atoms with Crippen LogP contribution in [0.2, 0.25) is 5.02 Å². The van der Waals surface area contributed by atoms with Gasteiger partial charge in [0.05, 0.1) is 0 Å². The van der Waals surface area contributed by atoms with Crippen LogP contribution in [0.3, 0.4) is 0 Å². The number of hydrogen-bond donors (Lipinski definition) is 0. The molecule has 0 radical (unpaired) electrons. The molecule has 154 valence electrons. The Morgan fingerprint density at radius 1 is 0.897 bits per heavy atom. The summed E-state index contributed by atoms with van der Waals surface area (Å²) in [6.45, 7) is 4.47. The molecule has 0 bridgehead atoms. The van der Waals surface area contributed by atoms with Crippen LogP contribution in [-0.4, -0.2) is 54.4 Å². The van der Waals surface area contributed by atoms with E-state index in [2.05, 4.69) is 0 Å². The number of hydrogen-bond acceptors (Lipinski definition) is 3. The summed E-state index contributed by atoms with van der Waals surface area (Å²) in [6, 6.07) is 15.2. The lowest BCUT2D eigenvalue weighted by Gasteiger charge is -2.22. The van der Waals surface area contributed by atoms with Crippen LogP contribution in [0, 0.1) is 6.92 Å². The lowest BCUT2D eigenvalue weighted by atomic mass is 10.1. The molecule has 2 aromatic rings. The third-order valence-electron chi connectivity index (χ3n) is 5.13. The van der Waals surface area contributed by atoms with Crippen LogP contribution in [-0.2, 0) is 16.0 Å². The number of ether oxygens (including phenoxy) is 1. The molecular formula is C23H27ClN2O3. The van der Waals surface area contributed by atoms with Crippen molar-refractivity contribution >= 4 is 23.4 Å². The summed E-state index contributed by atoms with van der Waals surface area (Å²) in [4.78, 5) is 28.7. The average Bonchev–Trinajstić information content (AvgIpc) is 2.99. The van der Waals surface area contributed by atoms with Gasteiger partial charge in [0.25, 0.3) is 5.91 Å². The minimum atomic E-state index is -0.0407. The van der Waals surface area contributed by atoms with Crippen molar-refractivity contribution in [2.24, 2.45) is 0 Å². The quantitative estimate of drug-likeness (QED) is 0.723. The summed E-state index contributed by atoms with van der Waals surface area (Å²) >= 11 is 5.90. The standard InChI is InChI=1S/C23H27ClN2O3/c1-18-3-10-21(11-4-18)29-17-23(28)26-14-2-13-25(15-16-26)22(27)12-7-19-5-8-20(24)9-6-19/h3-6,8-11H,2,7,12-17H2,1H3. The van der Waals surface area contributed by atoms with E-state index in [0.29, 0.717) is 49.8 Å². The predicted octanol–water partition coefficient (Wildman–Crippen LogP) is 3.72. The number of amides is 2. The molecule has 0 saturated carbocycles. The Labute approximate surface area is 177 Å². The normalized spacial score (nSPS) is 14.4. The second-order valence-corrected chi connectivity index (χ2v) is 7.78. The highest BCUT2D eigenvalue weighted by atomic mass is 35.5. The Bertz CT molecular complexity index is 752. The number of carbonyl (C=O) groups excluding carboxylic acids is 2. The van der Waals surface area contributed by atoms with Crippen LogP contribution >= 0.6 is 11.6 Å². The lowest BCUT2D eigenvalue weighted by Crippen LogP contribution is -2.39. The van der Waals surface area contributed by atoms with Gasteiger partial charge in [-0.05, 0) is 49.6 Å². The maximum Gasteiger partial charge on any atom is 0.260 e. The first-order valence-corrected chi connectivity index (χ1v) is 10.4. The third kappa shape index (κ3) is 6.50. The second-order valence-electron chi connectivity index (χ2n) is 7.34. The molecule has 0 N–H and O–H groups in total. The first kappa shape index (κ1) is 21.2. The lowest BCUT2D eigenvalue weighted by molar-refractivity contribution is -0.134. The fourth-order valence-corrected chi connectivity index (χ4v) is 3.47. The van der Waals surface area contributed by atoms with Gasteiger partial charge in [-0.3, -0.25) is 9.59 Å². The molecule has 2 amide bonds. The van der Waals surface area contributed by atoms with Crippen molar-refractivity contribution in [2.45, 2.75) is 26.2 Å². The van der Waals surface area contributed by atoms with Gasteiger partial charge in [-0.2, -0.15) is 0 Å². The molecule has 5 nitrogen and oxygen atoms in total. The molecule has 1 saturated heterocycles. The van der Waals surface area contributed by atoms with E-state index in [1.54, 1.807) is 4.90 Å². The van der Waals surface area contributed by atoms with Gasteiger partial charge >= 0.3 is 0 Å². The van der Waals surface area contributed by atoms with Crippen molar-refractivity contribution in [3.05, 3.63) is 64.7 Å². The average molecular weight is 415 g/mol. The number of carbonyl (C=O) groups is 2. The van der Waals surface area contributed by atoms with E-state index in [1.807, 2.05) is 60.4 Å². The number of rotatable bonds is 6. The zero-order chi connectivity index (χ0) is 20.6. The molecule has 0 aliphatic carbocycles. The molecule has 1 fully saturated rings. The fraction of sp³-hybridized carbons (Fsp3) is 0.391. The first-order valence-electron chi connectivity index (χ1n) is 10.0. The van der Waals surface area contributed by atoms with Gasteiger partial charge < -0.3 is 14.5 Å². The van der Waals surface area contributed by atoms with E-state index in [-0.39, 0.29) is 18.4 Å². The monoisotopic (exact) mass is 414 g/mol. The number of aryl methyl sites for hydroxylation is 2. The van der Waals surface area contributed by atoms with E-state index >= 15 is 0 Å². The van der Waals surface area contributed by atoms with Gasteiger partial charge in [0, 0.05) is 37.6 Å². The summed E-state index contributed by atoms with van der Waals surface area (Å²) < 4.78 is 5.61. The van der Waals surface area contributed by atoms with E-state index in [0.717, 1.165) is 17.5 Å². The molecular weight excluding hydrogens is 388 g/mol. The maximum absolute atomic E-state index is 12.6. The van der Waals surface area contributed by atoms with Crippen LogP contribution in [0.15, 0.2) is 48.5 Å². The predicted molar refractivity (Wildman–Crippen MR) is 114 cm³/mol. The Morgan fingerprint density at radius 2 is 1.52 bits per heavy atom. The summed E-state index contributed by atoms with van der Waals surface area (Å²) in [5, 5.41) is 0.698. The molecule has 0 aromatic heterocycles. The molecule has 6 heteroatoms. The summed E-state index contributed by atoms with van der Waals surface area (Å²) in [7, 11) is 0. The molecule has 1 heterocycles. The van der Waals surface area contributed by atoms with Crippen molar-refractivity contribution in [3.8, 4) is 5.75 Å². The molecule has 3 rings (SSSR count). The van der Waals surface area contributed by atoms with Gasteiger partial charge in [-0.15, -0.1) is 0 Å². The summed E-state index contributed by atoms with van der Waals surface area (Å²) in [5.41, 5.74) is 2.25. The van der Waals surface area contributed by atoms with Gasteiger partial charge in [0.2, 0.25) is 5.91 Å². The van der Waals surface area contributed by atoms with Crippen LogP contribution < -0.4 is 4.74 Å². The SMILES string of the molecule is Cc1ccc(OCC(=O)N2CCCN(C(=O)CCc3ccc(Cl)cc3)CC2)cc1. The van der Waals surface area contributed by atoms with Gasteiger partial charge in [0.1, 0.15) is 5.75 Å². The fourth-order valence-electron chi connectivity index (χ4n) is 3.35. The summed E-state index contributed by atoms with van der Waals surface area (Å²) in [5.74, 6) is 0.781. The van der Waals surface area contributed by atoms with Crippen LogP contribution in [0.1, 0.15) is 24.0 Å². The van der Waals surface area contributed by atoms with E-state index in [4.69, 9.17) is 16.3 Å². The topological polar surface area (TPSA) is 49.9 Å². The van der Waals surface area contributed by atoms with Crippen molar-refractivity contribution in [2.75, 3.05) is 32.8 Å². The van der Waals surface area contributed by atoms with Crippen LogP contribution in [0.4, 0.5) is 0 Å². The first-order chi connectivity index (χ1) is 14.0. The summed E-state index contributed by atoms with van der Waals surface area (Å²) in [6.07, 6.45) is 1.94. The Morgan fingerprint density at radius 3 is 2.17 bits per heavy atom. The molecule has 2 aromatic carbocycles. The molecule has 0 unspecified atom stereocenters. The Hall–Kier alpha value is -2.53. The highest BCUT2D eigenvalue weighted by molar-refractivity contribution is 6.30. The Balaban J connectivity index is 1.43. The smallest absolute Gasteiger partial charge is 0.260 e. The van der Waals surface area contributed by atoms with E-state index in [9.17, 15) is 9.59 Å². The van der Waals surface area contributed by atoms with Crippen molar-refractivity contribution in [1.29, 1.82) is 0 Å². The molecule has 1 aliphatic heterocycles. The van der Waals surface area contributed by atoms with Crippen molar-refractivity contribution in [3.63, 3.8) is 0 Å². The van der Waals surface area contributed by atoms with Crippen molar-refractivity contribution in [1.82, 2.24) is 9.80 Å². The minimum Gasteiger partial charge on any atom is -0.484 e. The van der Waals surface area contributed by atoms with E-state index < -0.39 is 0 Å². The largest absolute Gasteiger partial charge is 0.484 e. The molecule has 0 spiro atoms. The number of halogens is 1. The number of nitrogens with zero attached hydrogens (tertiary/aromatic N) is 2. The Kier molecular flexibility index (Phi) is 7.53. The highest BCUT2D eigenvalue weighted by Gasteiger charge is 2.22. The van der Waals surface area contributed by atoms with Gasteiger partial charge in [-0.1, -0.05) is 41.4 Å². The second kappa shape index (κ2) is 10.3. The van der Waals surface area contributed by atoms with Crippen LogP contribution in [0.5, 0.6) is 5.75 Å². The number of benzene rings is 2. The third-order valence-corrected chi connectivity index (χ3v) is 5.38. The zero-order valence-electron chi connectivity index (χ0n) is 16.8. The zero-order valence-corrected chi connectivity index (χ0v) is 17.5. The van der Waals surface area contributed by atoms with Gasteiger partial charge in [0.15, 0.2) is 6.61 Å². The minimum absolute atomic E-state index is 0.0214. The van der Waals surface area contributed by atoms with Crippen LogP contribution in [0.25, 0.3) is 0 Å². The van der Waals surface area contributed by atoms with Gasteiger partial charge in [-0.25, -0.2) is 0 Å². The highest BCUT2D eigenvalue weighted by Crippen LogP contribution is 2.14.